The van der Waals surface area contributed by atoms with Crippen molar-refractivity contribution >= 4 is 23.3 Å². The van der Waals surface area contributed by atoms with Crippen LogP contribution in [0.25, 0.3) is 0 Å². The molecule has 5 heteroatoms. The van der Waals surface area contributed by atoms with Crippen molar-refractivity contribution in [2.45, 2.75) is 13.0 Å². The molecule has 20 heavy (non-hydrogen) atoms. The Bertz CT molecular complexity index is 646. The minimum Gasteiger partial charge on any atom is -0.478 e. The van der Waals surface area contributed by atoms with Gasteiger partial charge in [0.2, 0.25) is 0 Å². The molecular formula is C15H13ClFNO2. The van der Waals surface area contributed by atoms with E-state index in [1.54, 1.807) is 24.3 Å². The van der Waals surface area contributed by atoms with Crippen LogP contribution in [-0.2, 0) is 0 Å². The van der Waals surface area contributed by atoms with E-state index < -0.39 is 11.8 Å². The molecule has 0 bridgehead atoms. The Morgan fingerprint density at radius 1 is 1.30 bits per heavy atom. The van der Waals surface area contributed by atoms with Crippen LogP contribution in [0.5, 0.6) is 0 Å². The summed E-state index contributed by atoms with van der Waals surface area (Å²) in [6, 6.07) is 10.8. The quantitative estimate of drug-likeness (QED) is 0.881. The summed E-state index contributed by atoms with van der Waals surface area (Å²) in [4.78, 5) is 11.1. The Balaban J connectivity index is 2.25. The average molecular weight is 294 g/mol. The summed E-state index contributed by atoms with van der Waals surface area (Å²) in [6.07, 6.45) is 0. The zero-order chi connectivity index (χ0) is 14.7. The zero-order valence-corrected chi connectivity index (χ0v) is 11.5. The van der Waals surface area contributed by atoms with Crippen molar-refractivity contribution in [2.24, 2.45) is 0 Å². The van der Waals surface area contributed by atoms with Crippen LogP contribution in [0.4, 0.5) is 10.1 Å². The molecule has 2 N–H and O–H groups in total. The van der Waals surface area contributed by atoms with Crippen molar-refractivity contribution in [2.75, 3.05) is 5.32 Å². The van der Waals surface area contributed by atoms with E-state index in [1.165, 1.54) is 18.2 Å². The van der Waals surface area contributed by atoms with Crippen molar-refractivity contribution in [3.05, 3.63) is 64.4 Å². The molecule has 0 aliphatic rings. The number of hydrogen-bond donors (Lipinski definition) is 2. The summed E-state index contributed by atoms with van der Waals surface area (Å²) in [5, 5.41) is 12.2. The molecule has 0 saturated heterocycles. The highest BCUT2D eigenvalue weighted by molar-refractivity contribution is 6.30. The fraction of sp³-hybridized carbons (Fsp3) is 0.133. The molecule has 0 radical (unpaired) electrons. The number of aromatic carboxylic acids is 1. The van der Waals surface area contributed by atoms with Gasteiger partial charge >= 0.3 is 5.97 Å². The third-order valence-corrected chi connectivity index (χ3v) is 3.28. The van der Waals surface area contributed by atoms with E-state index in [0.29, 0.717) is 11.3 Å². The third-order valence-electron chi connectivity index (χ3n) is 2.97. The number of carbonyl (C=O) groups is 1. The van der Waals surface area contributed by atoms with Gasteiger partial charge in [0.1, 0.15) is 5.82 Å². The van der Waals surface area contributed by atoms with Crippen molar-refractivity contribution in [3.63, 3.8) is 0 Å². The molecule has 3 nitrogen and oxygen atoms in total. The Kier molecular flexibility index (Phi) is 4.25. The van der Waals surface area contributed by atoms with Crippen LogP contribution in [0.2, 0.25) is 5.02 Å². The molecule has 0 aliphatic heterocycles. The highest BCUT2D eigenvalue weighted by atomic mass is 35.5. The molecule has 0 heterocycles. The SMILES string of the molecule is CC(Nc1ccccc1C(=O)O)c1ccc(Cl)c(F)c1. The number of hydrogen-bond acceptors (Lipinski definition) is 2. The van der Waals surface area contributed by atoms with Gasteiger partial charge in [-0.1, -0.05) is 29.8 Å². The van der Waals surface area contributed by atoms with Crippen LogP contribution in [0, 0.1) is 5.82 Å². The van der Waals surface area contributed by atoms with E-state index in [9.17, 15) is 9.18 Å². The van der Waals surface area contributed by atoms with Gasteiger partial charge in [-0.25, -0.2) is 9.18 Å². The van der Waals surface area contributed by atoms with Gasteiger partial charge in [-0.2, -0.15) is 0 Å². The number of carboxylic acids is 1. The van der Waals surface area contributed by atoms with E-state index in [1.807, 2.05) is 6.92 Å². The number of para-hydroxylation sites is 1. The maximum Gasteiger partial charge on any atom is 0.337 e. The van der Waals surface area contributed by atoms with Crippen LogP contribution in [0.15, 0.2) is 42.5 Å². The monoisotopic (exact) mass is 293 g/mol. The fourth-order valence-electron chi connectivity index (χ4n) is 1.89. The molecular weight excluding hydrogens is 281 g/mol. The topological polar surface area (TPSA) is 49.3 Å². The smallest absolute Gasteiger partial charge is 0.337 e. The zero-order valence-electron chi connectivity index (χ0n) is 10.7. The molecule has 0 aliphatic carbocycles. The molecule has 2 rings (SSSR count). The van der Waals surface area contributed by atoms with Gasteiger partial charge in [-0.05, 0) is 36.8 Å². The van der Waals surface area contributed by atoms with E-state index in [0.717, 1.165) is 0 Å². The summed E-state index contributed by atoms with van der Waals surface area (Å²) in [6.45, 7) is 1.82. The minimum atomic E-state index is -1.01. The maximum atomic E-state index is 13.4. The van der Waals surface area contributed by atoms with Gasteiger partial charge in [0.15, 0.2) is 0 Å². The van der Waals surface area contributed by atoms with Gasteiger partial charge in [0.25, 0.3) is 0 Å². The van der Waals surface area contributed by atoms with Crippen molar-refractivity contribution in [1.29, 1.82) is 0 Å². The standard InChI is InChI=1S/C15H13ClFNO2/c1-9(10-6-7-12(16)13(17)8-10)18-14-5-3-2-4-11(14)15(19)20/h2-9,18H,1H3,(H,19,20). The Hall–Kier alpha value is -2.07. The molecule has 0 fully saturated rings. The summed E-state index contributed by atoms with van der Waals surface area (Å²) in [7, 11) is 0. The lowest BCUT2D eigenvalue weighted by Crippen LogP contribution is -2.10. The van der Waals surface area contributed by atoms with Crippen LogP contribution >= 0.6 is 11.6 Å². The van der Waals surface area contributed by atoms with Crippen LogP contribution in [-0.4, -0.2) is 11.1 Å². The number of benzene rings is 2. The van der Waals surface area contributed by atoms with Crippen LogP contribution in [0.1, 0.15) is 28.9 Å². The second-order valence-corrected chi connectivity index (χ2v) is 4.80. The van der Waals surface area contributed by atoms with E-state index >= 15 is 0 Å². The average Bonchev–Trinajstić information content (AvgIpc) is 2.42. The molecule has 1 unspecified atom stereocenters. The van der Waals surface area contributed by atoms with Gasteiger partial charge < -0.3 is 10.4 Å². The first-order valence-corrected chi connectivity index (χ1v) is 6.40. The number of anilines is 1. The summed E-state index contributed by atoms with van der Waals surface area (Å²) >= 11 is 5.64. The van der Waals surface area contributed by atoms with Crippen LogP contribution in [0.3, 0.4) is 0 Å². The lowest BCUT2D eigenvalue weighted by atomic mass is 10.1. The van der Waals surface area contributed by atoms with Gasteiger partial charge in [-0.15, -0.1) is 0 Å². The second kappa shape index (κ2) is 5.92. The number of halogens is 2. The molecule has 1 atom stereocenters. The van der Waals surface area contributed by atoms with Crippen LogP contribution < -0.4 is 5.32 Å². The third kappa shape index (κ3) is 3.08. The highest BCUT2D eigenvalue weighted by Crippen LogP contribution is 2.25. The molecule has 0 amide bonds. The summed E-state index contributed by atoms with van der Waals surface area (Å²) in [5.74, 6) is -1.51. The van der Waals surface area contributed by atoms with Crippen molar-refractivity contribution in [3.8, 4) is 0 Å². The first-order chi connectivity index (χ1) is 9.49. The van der Waals surface area contributed by atoms with E-state index in [2.05, 4.69) is 5.32 Å². The first kappa shape index (κ1) is 14.3. The number of carboxylic acid groups (broad SMARTS) is 1. The van der Waals surface area contributed by atoms with E-state index in [-0.39, 0.29) is 16.6 Å². The largest absolute Gasteiger partial charge is 0.478 e. The highest BCUT2D eigenvalue weighted by Gasteiger charge is 2.13. The Morgan fingerprint density at radius 2 is 2.00 bits per heavy atom. The molecule has 2 aromatic rings. The summed E-state index contributed by atoms with van der Waals surface area (Å²) < 4.78 is 13.4. The molecule has 0 saturated carbocycles. The number of rotatable bonds is 4. The van der Waals surface area contributed by atoms with Crippen molar-refractivity contribution in [1.82, 2.24) is 0 Å². The number of nitrogens with one attached hydrogen (secondary N) is 1. The van der Waals surface area contributed by atoms with Gasteiger partial charge in [0.05, 0.1) is 10.6 Å². The Morgan fingerprint density at radius 3 is 2.65 bits per heavy atom. The fourth-order valence-corrected chi connectivity index (χ4v) is 2.01. The second-order valence-electron chi connectivity index (χ2n) is 4.39. The first-order valence-electron chi connectivity index (χ1n) is 6.03. The summed E-state index contributed by atoms with van der Waals surface area (Å²) in [5.41, 5.74) is 1.35. The molecule has 104 valence electrons. The van der Waals surface area contributed by atoms with Gasteiger partial charge in [-0.3, -0.25) is 0 Å². The molecule has 2 aromatic carbocycles. The normalized spacial score (nSPS) is 11.9. The Labute approximate surface area is 121 Å². The van der Waals surface area contributed by atoms with Gasteiger partial charge in [0, 0.05) is 11.7 Å². The lowest BCUT2D eigenvalue weighted by Gasteiger charge is -2.17. The lowest BCUT2D eigenvalue weighted by molar-refractivity contribution is 0.0698. The predicted octanol–water partition coefficient (Wildman–Crippen LogP) is 4.35. The molecule has 0 aromatic heterocycles. The van der Waals surface area contributed by atoms with E-state index in [4.69, 9.17) is 16.7 Å². The van der Waals surface area contributed by atoms with Crippen molar-refractivity contribution < 1.29 is 14.3 Å². The predicted molar refractivity (Wildman–Crippen MR) is 76.8 cm³/mol. The minimum absolute atomic E-state index is 0.0619. The maximum absolute atomic E-state index is 13.4. The molecule has 0 spiro atoms.